The lowest BCUT2D eigenvalue weighted by atomic mass is 10.2. The maximum Gasteiger partial charge on any atom is 0.269 e. The van der Waals surface area contributed by atoms with Crippen LogP contribution in [-0.2, 0) is 9.84 Å². The first kappa shape index (κ1) is 15.0. The van der Waals surface area contributed by atoms with Gasteiger partial charge in [-0.3, -0.25) is 20.2 Å². The van der Waals surface area contributed by atoms with Crippen LogP contribution in [0.1, 0.15) is 10.4 Å². The van der Waals surface area contributed by atoms with Crippen LogP contribution in [0, 0.1) is 10.1 Å². The van der Waals surface area contributed by atoms with Crippen LogP contribution in [0.15, 0.2) is 28.6 Å². The molecule has 0 saturated carbocycles. The number of carbonyl (C=O) groups excluding carboxylic acids is 1. The second kappa shape index (κ2) is 5.54. The van der Waals surface area contributed by atoms with Crippen LogP contribution >= 0.6 is 11.3 Å². The molecular formula is C10H8N4O5S2. The van der Waals surface area contributed by atoms with Gasteiger partial charge in [-0.2, -0.15) is 0 Å². The summed E-state index contributed by atoms with van der Waals surface area (Å²) in [5.41, 5.74) is 0.0403. The van der Waals surface area contributed by atoms with Crippen LogP contribution in [0.3, 0.4) is 0 Å². The summed E-state index contributed by atoms with van der Waals surface area (Å²) in [6.45, 7) is 0. The third-order valence-electron chi connectivity index (χ3n) is 2.28. The monoisotopic (exact) mass is 328 g/mol. The predicted molar refractivity (Wildman–Crippen MR) is 74.1 cm³/mol. The molecule has 1 heterocycles. The Morgan fingerprint density at radius 3 is 2.38 bits per heavy atom. The lowest BCUT2D eigenvalue weighted by Gasteiger charge is -2.00. The second-order valence-electron chi connectivity index (χ2n) is 3.90. The van der Waals surface area contributed by atoms with Crippen molar-refractivity contribution in [2.45, 2.75) is 4.34 Å². The zero-order valence-electron chi connectivity index (χ0n) is 10.5. The van der Waals surface area contributed by atoms with Gasteiger partial charge in [0.25, 0.3) is 11.6 Å². The quantitative estimate of drug-likeness (QED) is 0.505. The maximum atomic E-state index is 11.9. The molecule has 1 aromatic heterocycles. The number of hydrogen-bond acceptors (Lipinski definition) is 8. The van der Waals surface area contributed by atoms with Crippen molar-refractivity contribution < 1.29 is 18.1 Å². The SMILES string of the molecule is CS(=O)(=O)c1nnc(NC(=O)c2ccc([N+](=O)[O-])cc2)s1. The van der Waals surface area contributed by atoms with Crippen LogP contribution in [0.5, 0.6) is 0 Å². The molecule has 2 aromatic rings. The van der Waals surface area contributed by atoms with E-state index >= 15 is 0 Å². The van der Waals surface area contributed by atoms with Gasteiger partial charge in [-0.25, -0.2) is 8.42 Å². The van der Waals surface area contributed by atoms with Gasteiger partial charge in [-0.1, -0.05) is 11.3 Å². The zero-order valence-corrected chi connectivity index (χ0v) is 12.1. The van der Waals surface area contributed by atoms with Crippen molar-refractivity contribution in [3.05, 3.63) is 39.9 Å². The largest absolute Gasteiger partial charge is 0.296 e. The van der Waals surface area contributed by atoms with Gasteiger partial charge in [0.15, 0.2) is 0 Å². The van der Waals surface area contributed by atoms with E-state index in [-0.39, 0.29) is 20.7 Å². The maximum absolute atomic E-state index is 11.9. The van der Waals surface area contributed by atoms with Gasteiger partial charge < -0.3 is 0 Å². The molecule has 0 aliphatic carbocycles. The number of anilines is 1. The number of carbonyl (C=O) groups is 1. The molecule has 0 atom stereocenters. The van der Waals surface area contributed by atoms with E-state index in [9.17, 15) is 23.3 Å². The lowest BCUT2D eigenvalue weighted by Crippen LogP contribution is -2.11. The van der Waals surface area contributed by atoms with Crippen molar-refractivity contribution in [3.63, 3.8) is 0 Å². The van der Waals surface area contributed by atoms with Gasteiger partial charge in [-0.15, -0.1) is 10.2 Å². The molecule has 9 nitrogen and oxygen atoms in total. The number of nitrogens with one attached hydrogen (secondary N) is 1. The van der Waals surface area contributed by atoms with Crippen LogP contribution in [0.4, 0.5) is 10.8 Å². The molecule has 0 fully saturated rings. The van der Waals surface area contributed by atoms with Crippen molar-refractivity contribution in [1.29, 1.82) is 0 Å². The van der Waals surface area contributed by atoms with Crippen molar-refractivity contribution in [2.75, 3.05) is 11.6 Å². The number of sulfone groups is 1. The molecule has 0 radical (unpaired) electrons. The van der Waals surface area contributed by atoms with Crippen LogP contribution in [0.2, 0.25) is 0 Å². The first-order chi connectivity index (χ1) is 9.77. The molecule has 1 amide bonds. The molecule has 11 heteroatoms. The van der Waals surface area contributed by atoms with E-state index in [1.165, 1.54) is 24.3 Å². The number of hydrogen-bond donors (Lipinski definition) is 1. The first-order valence-electron chi connectivity index (χ1n) is 5.37. The van der Waals surface area contributed by atoms with Crippen LogP contribution in [-0.4, -0.2) is 35.7 Å². The third kappa shape index (κ3) is 3.58. The van der Waals surface area contributed by atoms with E-state index in [0.29, 0.717) is 0 Å². The normalized spacial score (nSPS) is 11.1. The molecule has 0 saturated heterocycles. The highest BCUT2D eigenvalue weighted by molar-refractivity contribution is 7.92. The predicted octanol–water partition coefficient (Wildman–Crippen LogP) is 1.10. The van der Waals surface area contributed by atoms with E-state index < -0.39 is 20.7 Å². The molecule has 1 aromatic carbocycles. The Morgan fingerprint density at radius 2 is 1.90 bits per heavy atom. The summed E-state index contributed by atoms with van der Waals surface area (Å²) in [7, 11) is -3.48. The fourth-order valence-corrected chi connectivity index (χ4v) is 2.82. The standard InChI is InChI=1S/C10H8N4O5S2/c1-21(18,19)10-13-12-9(20-10)11-8(15)6-2-4-7(5-3-6)14(16)17/h2-5H,1H3,(H,11,12,15). The summed E-state index contributed by atoms with van der Waals surface area (Å²) in [6, 6.07) is 4.95. The Hall–Kier alpha value is -2.40. The Labute approximate surface area is 122 Å². The van der Waals surface area contributed by atoms with Crippen LogP contribution < -0.4 is 5.32 Å². The highest BCUT2D eigenvalue weighted by Crippen LogP contribution is 2.20. The molecule has 0 unspecified atom stereocenters. The van der Waals surface area contributed by atoms with Crippen molar-refractivity contribution in [3.8, 4) is 0 Å². The first-order valence-corrected chi connectivity index (χ1v) is 8.07. The molecule has 0 bridgehead atoms. The number of rotatable bonds is 4. The molecule has 110 valence electrons. The molecule has 1 N–H and O–H groups in total. The minimum Gasteiger partial charge on any atom is -0.296 e. The molecule has 21 heavy (non-hydrogen) atoms. The average Bonchev–Trinajstić information content (AvgIpc) is 2.87. The van der Waals surface area contributed by atoms with Gasteiger partial charge >= 0.3 is 0 Å². The fourth-order valence-electron chi connectivity index (χ4n) is 1.31. The zero-order chi connectivity index (χ0) is 15.6. The van der Waals surface area contributed by atoms with E-state index in [0.717, 1.165) is 17.6 Å². The highest BCUT2D eigenvalue weighted by atomic mass is 32.2. The number of nitrogens with zero attached hydrogens (tertiary/aromatic N) is 3. The molecule has 2 rings (SSSR count). The minimum atomic E-state index is -3.48. The van der Waals surface area contributed by atoms with Gasteiger partial charge in [-0.05, 0) is 12.1 Å². The average molecular weight is 328 g/mol. The van der Waals surface area contributed by atoms with E-state index in [1.807, 2.05) is 0 Å². The van der Waals surface area contributed by atoms with Gasteiger partial charge in [0.2, 0.25) is 19.3 Å². The van der Waals surface area contributed by atoms with E-state index in [1.54, 1.807) is 0 Å². The Kier molecular flexibility index (Phi) is 3.95. The smallest absolute Gasteiger partial charge is 0.269 e. The minimum absolute atomic E-state index is 0.0266. The van der Waals surface area contributed by atoms with E-state index in [4.69, 9.17) is 0 Å². The molecule has 0 aliphatic rings. The summed E-state index contributed by atoms with van der Waals surface area (Å²) in [5.74, 6) is -0.568. The van der Waals surface area contributed by atoms with Gasteiger partial charge in [0.1, 0.15) is 0 Å². The van der Waals surface area contributed by atoms with Gasteiger partial charge in [0, 0.05) is 24.0 Å². The second-order valence-corrected chi connectivity index (χ2v) is 7.07. The van der Waals surface area contributed by atoms with Crippen molar-refractivity contribution >= 4 is 37.9 Å². The van der Waals surface area contributed by atoms with E-state index in [2.05, 4.69) is 15.5 Å². The molecule has 0 aliphatic heterocycles. The molecule has 0 spiro atoms. The number of amides is 1. The Balaban J connectivity index is 2.14. The third-order valence-corrected chi connectivity index (χ3v) is 4.79. The topological polar surface area (TPSA) is 132 Å². The number of nitro groups is 1. The summed E-state index contributed by atoms with van der Waals surface area (Å²) >= 11 is 0.721. The Morgan fingerprint density at radius 1 is 1.29 bits per heavy atom. The van der Waals surface area contributed by atoms with Crippen LogP contribution in [0.25, 0.3) is 0 Å². The number of benzene rings is 1. The summed E-state index contributed by atoms with van der Waals surface area (Å²) in [4.78, 5) is 21.8. The summed E-state index contributed by atoms with van der Waals surface area (Å²) in [6.07, 6.45) is 0.982. The summed E-state index contributed by atoms with van der Waals surface area (Å²) in [5, 5.41) is 19.9. The highest BCUT2D eigenvalue weighted by Gasteiger charge is 2.16. The van der Waals surface area contributed by atoms with Crippen molar-refractivity contribution in [2.24, 2.45) is 0 Å². The summed E-state index contributed by atoms with van der Waals surface area (Å²) < 4.78 is 22.3. The number of aromatic nitrogens is 2. The number of non-ortho nitro benzene ring substituents is 1. The number of nitro benzene ring substituents is 1. The fraction of sp³-hybridized carbons (Fsp3) is 0.100. The lowest BCUT2D eigenvalue weighted by molar-refractivity contribution is -0.384. The van der Waals surface area contributed by atoms with Crippen molar-refractivity contribution in [1.82, 2.24) is 10.2 Å². The Bertz CT molecular complexity index is 797. The molecular weight excluding hydrogens is 320 g/mol. The van der Waals surface area contributed by atoms with Gasteiger partial charge in [0.05, 0.1) is 4.92 Å².